The Bertz CT molecular complexity index is 1100. The Hall–Kier alpha value is -2.71. The minimum absolute atomic E-state index is 0.0504. The van der Waals surface area contributed by atoms with E-state index in [1.54, 1.807) is 28.3 Å². The zero-order chi connectivity index (χ0) is 20.7. The zero-order valence-electron chi connectivity index (χ0n) is 16.9. The van der Waals surface area contributed by atoms with Gasteiger partial charge in [-0.25, -0.2) is 4.98 Å². The summed E-state index contributed by atoms with van der Waals surface area (Å²) >= 11 is 1.57. The molecule has 5 rings (SSSR count). The predicted molar refractivity (Wildman–Crippen MR) is 115 cm³/mol. The van der Waals surface area contributed by atoms with Gasteiger partial charge in [-0.1, -0.05) is 18.2 Å². The average Bonchev–Trinajstić information content (AvgIpc) is 3.51. The Morgan fingerprint density at radius 3 is 2.67 bits per heavy atom. The van der Waals surface area contributed by atoms with Crippen LogP contribution >= 0.6 is 11.3 Å². The van der Waals surface area contributed by atoms with E-state index in [0.29, 0.717) is 45.2 Å². The Labute approximate surface area is 178 Å². The van der Waals surface area contributed by atoms with Gasteiger partial charge in [-0.2, -0.15) is 0 Å². The number of aryl methyl sites for hydroxylation is 1. The van der Waals surface area contributed by atoms with Crippen LogP contribution in [0.15, 0.2) is 36.7 Å². The average molecular weight is 425 g/mol. The van der Waals surface area contributed by atoms with Gasteiger partial charge in [-0.3, -0.25) is 9.59 Å². The fourth-order valence-corrected chi connectivity index (χ4v) is 5.69. The number of ether oxygens (including phenoxy) is 1. The Morgan fingerprint density at radius 1 is 1.10 bits per heavy atom. The highest BCUT2D eigenvalue weighted by Gasteiger charge is 2.35. The van der Waals surface area contributed by atoms with Gasteiger partial charge in [0.2, 0.25) is 0 Å². The van der Waals surface area contributed by atoms with Crippen LogP contribution < -0.4 is 0 Å². The molecule has 1 atom stereocenters. The lowest BCUT2D eigenvalue weighted by Crippen LogP contribution is -2.40. The van der Waals surface area contributed by atoms with Crippen LogP contribution in [0.4, 0.5) is 0 Å². The van der Waals surface area contributed by atoms with Gasteiger partial charge in [-0.05, 0) is 23.4 Å². The molecule has 0 saturated carbocycles. The minimum Gasteiger partial charge on any atom is -0.378 e. The number of morpholine rings is 1. The monoisotopic (exact) mass is 424 g/mol. The normalized spacial score (nSPS) is 19.6. The van der Waals surface area contributed by atoms with E-state index in [-0.39, 0.29) is 17.7 Å². The fraction of sp³-hybridized carbons (Fsp3) is 0.409. The molecular formula is C22H24N4O3S. The van der Waals surface area contributed by atoms with Gasteiger partial charge in [0.15, 0.2) is 5.82 Å². The Balaban J connectivity index is 1.47. The van der Waals surface area contributed by atoms with Crippen molar-refractivity contribution >= 4 is 33.2 Å². The van der Waals surface area contributed by atoms with Crippen LogP contribution in [-0.2, 0) is 11.8 Å². The van der Waals surface area contributed by atoms with E-state index in [9.17, 15) is 9.59 Å². The molecule has 2 amide bonds. The van der Waals surface area contributed by atoms with Gasteiger partial charge in [-0.15, -0.1) is 11.3 Å². The summed E-state index contributed by atoms with van der Waals surface area (Å²) in [4.78, 5) is 35.1. The van der Waals surface area contributed by atoms with Crippen molar-refractivity contribution < 1.29 is 14.3 Å². The van der Waals surface area contributed by atoms with Crippen molar-refractivity contribution in [1.82, 2.24) is 19.4 Å². The molecule has 2 aliphatic rings. The molecule has 156 valence electrons. The van der Waals surface area contributed by atoms with Crippen LogP contribution in [0.25, 0.3) is 10.1 Å². The molecule has 30 heavy (non-hydrogen) atoms. The highest BCUT2D eigenvalue weighted by atomic mass is 32.1. The number of imidazole rings is 1. The van der Waals surface area contributed by atoms with Crippen LogP contribution in [0.1, 0.15) is 38.2 Å². The maximum absolute atomic E-state index is 13.4. The molecule has 2 saturated heterocycles. The Morgan fingerprint density at radius 2 is 1.90 bits per heavy atom. The molecule has 1 aromatic carbocycles. The van der Waals surface area contributed by atoms with E-state index >= 15 is 0 Å². The lowest BCUT2D eigenvalue weighted by Gasteiger charge is -2.27. The summed E-state index contributed by atoms with van der Waals surface area (Å²) < 4.78 is 8.29. The van der Waals surface area contributed by atoms with Crippen LogP contribution in [0, 0.1) is 0 Å². The third-order valence-corrected chi connectivity index (χ3v) is 7.20. The maximum Gasteiger partial charge on any atom is 0.289 e. The molecule has 0 aliphatic carbocycles. The molecule has 0 bridgehead atoms. The van der Waals surface area contributed by atoms with Crippen molar-refractivity contribution in [3.8, 4) is 0 Å². The van der Waals surface area contributed by atoms with Gasteiger partial charge in [0, 0.05) is 56.2 Å². The number of benzene rings is 1. The molecule has 2 aliphatic heterocycles. The first kappa shape index (κ1) is 19.3. The fourth-order valence-electron chi connectivity index (χ4n) is 4.43. The molecule has 7 nitrogen and oxygen atoms in total. The second-order valence-electron chi connectivity index (χ2n) is 7.84. The topological polar surface area (TPSA) is 67.7 Å². The summed E-state index contributed by atoms with van der Waals surface area (Å²) in [7, 11) is 1.83. The van der Waals surface area contributed by atoms with E-state index < -0.39 is 0 Å². The van der Waals surface area contributed by atoms with E-state index in [2.05, 4.69) is 17.1 Å². The number of hydrogen-bond donors (Lipinski definition) is 0. The summed E-state index contributed by atoms with van der Waals surface area (Å²) in [5, 5.41) is 1.13. The van der Waals surface area contributed by atoms with E-state index in [1.807, 2.05) is 29.0 Å². The number of thiophene rings is 1. The molecular weight excluding hydrogens is 400 g/mol. The van der Waals surface area contributed by atoms with Crippen molar-refractivity contribution in [2.45, 2.75) is 12.3 Å². The minimum atomic E-state index is -0.0504. The largest absolute Gasteiger partial charge is 0.378 e. The summed E-state index contributed by atoms with van der Waals surface area (Å²) in [6.07, 6.45) is 4.28. The number of amides is 2. The summed E-state index contributed by atoms with van der Waals surface area (Å²) in [6, 6.07) is 8.20. The molecule has 0 N–H and O–H groups in total. The van der Waals surface area contributed by atoms with E-state index in [1.165, 1.54) is 0 Å². The van der Waals surface area contributed by atoms with Gasteiger partial charge in [0.25, 0.3) is 11.8 Å². The number of nitrogens with zero attached hydrogens (tertiary/aromatic N) is 4. The second kappa shape index (κ2) is 7.85. The summed E-state index contributed by atoms with van der Waals surface area (Å²) in [5.41, 5.74) is 1.10. The number of carbonyl (C=O) groups excluding carboxylic acids is 2. The number of likely N-dealkylation sites (tertiary alicyclic amines) is 1. The third-order valence-electron chi connectivity index (χ3n) is 6.02. The standard InChI is InChI=1S/C22H24N4O3S/c1-24-9-7-23-20(24)22(28)26-8-6-15(14-26)18-16-4-2-3-5-17(16)30-19(18)21(27)25-10-12-29-13-11-25/h2-5,7,9,15H,6,8,10-14H2,1H3. The van der Waals surface area contributed by atoms with Crippen molar-refractivity contribution in [2.75, 3.05) is 39.4 Å². The quantitative estimate of drug-likeness (QED) is 0.648. The van der Waals surface area contributed by atoms with Crippen molar-refractivity contribution in [1.29, 1.82) is 0 Å². The number of hydrogen-bond acceptors (Lipinski definition) is 5. The maximum atomic E-state index is 13.4. The SMILES string of the molecule is Cn1ccnc1C(=O)N1CCC(c2c(C(=O)N3CCOCC3)sc3ccccc23)C1. The van der Waals surface area contributed by atoms with Crippen LogP contribution in [0.3, 0.4) is 0 Å². The van der Waals surface area contributed by atoms with Crippen molar-refractivity contribution in [3.05, 3.63) is 52.9 Å². The number of rotatable bonds is 3. The Kier molecular flexibility index (Phi) is 5.04. The number of aromatic nitrogens is 2. The first-order valence-corrected chi connectivity index (χ1v) is 11.1. The lowest BCUT2D eigenvalue weighted by molar-refractivity contribution is 0.0305. The van der Waals surface area contributed by atoms with Crippen LogP contribution in [0.5, 0.6) is 0 Å². The van der Waals surface area contributed by atoms with Crippen molar-refractivity contribution in [3.63, 3.8) is 0 Å². The molecule has 8 heteroatoms. The highest BCUT2D eigenvalue weighted by molar-refractivity contribution is 7.21. The molecule has 0 spiro atoms. The molecule has 2 aromatic heterocycles. The molecule has 1 unspecified atom stereocenters. The predicted octanol–water partition coefficient (Wildman–Crippen LogP) is 2.74. The molecule has 3 aromatic rings. The highest BCUT2D eigenvalue weighted by Crippen LogP contribution is 2.41. The van der Waals surface area contributed by atoms with Gasteiger partial charge in [0.05, 0.1) is 18.1 Å². The molecule has 4 heterocycles. The van der Waals surface area contributed by atoms with Gasteiger partial charge >= 0.3 is 0 Å². The third kappa shape index (κ3) is 3.30. The van der Waals surface area contributed by atoms with Gasteiger partial charge in [0.1, 0.15) is 0 Å². The lowest BCUT2D eigenvalue weighted by atomic mass is 9.94. The van der Waals surface area contributed by atoms with Gasteiger partial charge < -0.3 is 19.1 Å². The van der Waals surface area contributed by atoms with E-state index in [4.69, 9.17) is 4.74 Å². The zero-order valence-corrected chi connectivity index (χ0v) is 17.7. The summed E-state index contributed by atoms with van der Waals surface area (Å²) in [6.45, 7) is 3.70. The number of fused-ring (bicyclic) bond motifs is 1. The van der Waals surface area contributed by atoms with Crippen LogP contribution in [0.2, 0.25) is 0 Å². The first-order valence-electron chi connectivity index (χ1n) is 10.3. The number of carbonyl (C=O) groups is 2. The summed E-state index contributed by atoms with van der Waals surface area (Å²) in [5.74, 6) is 0.634. The molecule has 2 fully saturated rings. The smallest absolute Gasteiger partial charge is 0.289 e. The molecule has 0 radical (unpaired) electrons. The van der Waals surface area contributed by atoms with Crippen molar-refractivity contribution in [2.24, 2.45) is 7.05 Å². The second-order valence-corrected chi connectivity index (χ2v) is 8.90. The van der Waals surface area contributed by atoms with Crippen LogP contribution in [-0.4, -0.2) is 70.6 Å². The first-order chi connectivity index (χ1) is 14.6. The van der Waals surface area contributed by atoms with E-state index in [0.717, 1.165) is 26.9 Å².